The van der Waals surface area contributed by atoms with E-state index in [0.717, 1.165) is 30.0 Å². The number of benzene rings is 1. The molecular weight excluding hydrogens is 305 g/mol. The van der Waals surface area contributed by atoms with Gasteiger partial charge in [-0.1, -0.05) is 24.6 Å². The van der Waals surface area contributed by atoms with Crippen LogP contribution in [0, 0.1) is 19.7 Å². The second-order valence-corrected chi connectivity index (χ2v) is 5.64. The molecule has 0 saturated heterocycles. The summed E-state index contributed by atoms with van der Waals surface area (Å²) in [5, 5.41) is 7.54. The van der Waals surface area contributed by atoms with Crippen LogP contribution in [0.25, 0.3) is 0 Å². The van der Waals surface area contributed by atoms with Gasteiger partial charge in [0, 0.05) is 11.6 Å². The van der Waals surface area contributed by atoms with E-state index in [9.17, 15) is 9.18 Å². The van der Waals surface area contributed by atoms with Crippen molar-refractivity contribution in [3.63, 3.8) is 0 Å². The Hall–Kier alpha value is -1.88. The third-order valence-corrected chi connectivity index (χ3v) is 3.80. The van der Waals surface area contributed by atoms with Gasteiger partial charge in [-0.2, -0.15) is 5.10 Å². The van der Waals surface area contributed by atoms with Crippen LogP contribution >= 0.6 is 11.6 Å². The molecule has 0 radical (unpaired) electrons. The number of amides is 1. The second-order valence-electron chi connectivity index (χ2n) is 5.23. The van der Waals surface area contributed by atoms with E-state index >= 15 is 0 Å². The molecule has 0 aliphatic heterocycles. The fourth-order valence-electron chi connectivity index (χ4n) is 2.33. The topological polar surface area (TPSA) is 46.9 Å². The van der Waals surface area contributed by atoms with E-state index < -0.39 is 5.82 Å². The van der Waals surface area contributed by atoms with Gasteiger partial charge < -0.3 is 5.32 Å². The van der Waals surface area contributed by atoms with Crippen molar-refractivity contribution >= 4 is 23.2 Å². The Morgan fingerprint density at radius 1 is 1.41 bits per heavy atom. The first-order valence-electron chi connectivity index (χ1n) is 7.20. The van der Waals surface area contributed by atoms with Gasteiger partial charge in [-0.3, -0.25) is 9.48 Å². The van der Waals surface area contributed by atoms with E-state index in [1.165, 1.54) is 18.2 Å². The van der Waals surface area contributed by atoms with Crippen molar-refractivity contribution in [2.75, 3.05) is 5.32 Å². The number of hydrogen-bond acceptors (Lipinski definition) is 2. The number of aryl methyl sites for hydroxylation is 2. The third kappa shape index (κ3) is 3.65. The zero-order valence-corrected chi connectivity index (χ0v) is 13.7. The van der Waals surface area contributed by atoms with Crippen LogP contribution in [0.15, 0.2) is 18.2 Å². The van der Waals surface area contributed by atoms with E-state index in [0.29, 0.717) is 5.56 Å². The Morgan fingerprint density at radius 3 is 2.77 bits per heavy atom. The molecule has 0 saturated carbocycles. The summed E-state index contributed by atoms with van der Waals surface area (Å²) < 4.78 is 14.9. The molecule has 2 aromatic rings. The lowest BCUT2D eigenvalue weighted by Gasteiger charge is -2.08. The summed E-state index contributed by atoms with van der Waals surface area (Å²) >= 11 is 5.95. The number of nitrogens with one attached hydrogen (secondary N) is 1. The van der Waals surface area contributed by atoms with Gasteiger partial charge in [0.05, 0.1) is 23.5 Å². The third-order valence-electron chi connectivity index (χ3n) is 3.45. The lowest BCUT2D eigenvalue weighted by atomic mass is 10.1. The number of halogens is 2. The first-order valence-corrected chi connectivity index (χ1v) is 7.58. The minimum Gasteiger partial charge on any atom is -0.323 e. The van der Waals surface area contributed by atoms with Crippen LogP contribution in [0.3, 0.4) is 0 Å². The van der Waals surface area contributed by atoms with Crippen molar-refractivity contribution in [1.29, 1.82) is 0 Å². The molecule has 0 atom stereocenters. The maximum absolute atomic E-state index is 13.0. The van der Waals surface area contributed by atoms with Gasteiger partial charge in [0.25, 0.3) is 0 Å². The van der Waals surface area contributed by atoms with Gasteiger partial charge in [-0.05, 0) is 38.0 Å². The number of hydrogen-bond donors (Lipinski definition) is 1. The van der Waals surface area contributed by atoms with E-state index in [4.69, 9.17) is 11.6 Å². The van der Waals surface area contributed by atoms with Crippen LogP contribution in [-0.2, 0) is 17.8 Å². The number of carbonyl (C=O) groups excluding carboxylic acids is 1. The van der Waals surface area contributed by atoms with Gasteiger partial charge >= 0.3 is 0 Å². The van der Waals surface area contributed by atoms with Crippen LogP contribution in [0.1, 0.15) is 30.3 Å². The molecule has 0 aliphatic rings. The molecule has 0 unspecified atom stereocenters. The number of aromatic nitrogens is 2. The molecule has 1 heterocycles. The molecule has 1 aromatic carbocycles. The molecule has 0 spiro atoms. The first kappa shape index (κ1) is 16.5. The average molecular weight is 324 g/mol. The molecule has 22 heavy (non-hydrogen) atoms. The Labute approximate surface area is 134 Å². The van der Waals surface area contributed by atoms with E-state index in [1.807, 2.05) is 18.5 Å². The lowest BCUT2D eigenvalue weighted by Crippen LogP contribution is -2.16. The number of rotatable bonds is 5. The lowest BCUT2D eigenvalue weighted by molar-refractivity contribution is -0.115. The van der Waals surface area contributed by atoms with Crippen molar-refractivity contribution in [1.82, 2.24) is 9.78 Å². The highest BCUT2D eigenvalue weighted by molar-refractivity contribution is 6.31. The Bertz CT molecular complexity index is 697. The van der Waals surface area contributed by atoms with Crippen LogP contribution in [0.5, 0.6) is 0 Å². The summed E-state index contributed by atoms with van der Waals surface area (Å²) in [5.74, 6) is -0.613. The molecule has 4 nitrogen and oxygen atoms in total. The van der Waals surface area contributed by atoms with Crippen LogP contribution in [-0.4, -0.2) is 15.7 Å². The molecule has 118 valence electrons. The van der Waals surface area contributed by atoms with Gasteiger partial charge in [0.1, 0.15) is 5.82 Å². The fraction of sp³-hybridized carbons (Fsp3) is 0.375. The summed E-state index contributed by atoms with van der Waals surface area (Å²) in [6.45, 7) is 6.67. The number of nitrogens with zero attached hydrogens (tertiary/aromatic N) is 2. The van der Waals surface area contributed by atoms with E-state index in [-0.39, 0.29) is 17.4 Å². The Kier molecular flexibility index (Phi) is 5.19. The predicted molar refractivity (Wildman–Crippen MR) is 85.7 cm³/mol. The molecule has 0 fully saturated rings. The summed E-state index contributed by atoms with van der Waals surface area (Å²) in [4.78, 5) is 12.2. The molecule has 1 amide bonds. The minimum absolute atomic E-state index is 0.0942. The van der Waals surface area contributed by atoms with E-state index in [2.05, 4.69) is 17.3 Å². The standard InChI is InChI=1S/C16H19ClFN3O/c1-4-7-21-11(3)16(10(2)20-21)19-15(22)8-12-5-6-13(18)9-14(12)17/h5-6,9H,4,7-8H2,1-3H3,(H,19,22). The van der Waals surface area contributed by atoms with Crippen molar-refractivity contribution < 1.29 is 9.18 Å². The Balaban J connectivity index is 2.12. The molecule has 1 N–H and O–H groups in total. The largest absolute Gasteiger partial charge is 0.323 e. The Morgan fingerprint density at radius 2 is 2.14 bits per heavy atom. The zero-order valence-electron chi connectivity index (χ0n) is 12.9. The zero-order chi connectivity index (χ0) is 16.3. The summed E-state index contributed by atoms with van der Waals surface area (Å²) in [7, 11) is 0. The number of carbonyl (C=O) groups is 1. The molecular formula is C16H19ClFN3O. The smallest absolute Gasteiger partial charge is 0.228 e. The van der Waals surface area contributed by atoms with Crippen molar-refractivity contribution in [3.8, 4) is 0 Å². The normalized spacial score (nSPS) is 10.8. The summed E-state index contributed by atoms with van der Waals surface area (Å²) in [5.41, 5.74) is 3.04. The highest BCUT2D eigenvalue weighted by atomic mass is 35.5. The maximum Gasteiger partial charge on any atom is 0.228 e. The fourth-order valence-corrected chi connectivity index (χ4v) is 2.56. The van der Waals surface area contributed by atoms with Crippen molar-refractivity contribution in [3.05, 3.63) is 46.0 Å². The highest BCUT2D eigenvalue weighted by Crippen LogP contribution is 2.22. The maximum atomic E-state index is 13.0. The van der Waals surface area contributed by atoms with Crippen LogP contribution in [0.2, 0.25) is 5.02 Å². The quantitative estimate of drug-likeness (QED) is 0.907. The highest BCUT2D eigenvalue weighted by Gasteiger charge is 2.15. The molecule has 1 aromatic heterocycles. The van der Waals surface area contributed by atoms with Crippen LogP contribution < -0.4 is 5.32 Å². The predicted octanol–water partition coefficient (Wildman–Crippen LogP) is 3.88. The monoisotopic (exact) mass is 323 g/mol. The molecule has 0 aliphatic carbocycles. The molecule has 0 bridgehead atoms. The number of anilines is 1. The first-order chi connectivity index (χ1) is 10.4. The van der Waals surface area contributed by atoms with Gasteiger partial charge in [-0.25, -0.2) is 4.39 Å². The van der Waals surface area contributed by atoms with Gasteiger partial charge in [0.2, 0.25) is 5.91 Å². The summed E-state index contributed by atoms with van der Waals surface area (Å²) in [6, 6.07) is 4.03. The van der Waals surface area contributed by atoms with Crippen molar-refractivity contribution in [2.24, 2.45) is 0 Å². The minimum atomic E-state index is -0.415. The van der Waals surface area contributed by atoms with Crippen LogP contribution in [0.4, 0.5) is 10.1 Å². The second kappa shape index (κ2) is 6.92. The SMILES string of the molecule is CCCn1nc(C)c(NC(=O)Cc2ccc(F)cc2Cl)c1C. The van der Waals surface area contributed by atoms with E-state index in [1.54, 1.807) is 0 Å². The van der Waals surface area contributed by atoms with Gasteiger partial charge in [0.15, 0.2) is 0 Å². The van der Waals surface area contributed by atoms with Crippen molar-refractivity contribution in [2.45, 2.75) is 40.2 Å². The molecule has 6 heteroatoms. The summed E-state index contributed by atoms with van der Waals surface area (Å²) in [6.07, 6.45) is 1.07. The van der Waals surface area contributed by atoms with Gasteiger partial charge in [-0.15, -0.1) is 0 Å². The average Bonchev–Trinajstić information content (AvgIpc) is 2.70. The molecule has 2 rings (SSSR count).